The molecule has 0 nitrogen and oxygen atoms in total. The predicted octanol–water partition coefficient (Wildman–Crippen LogP) is 5.33. The van der Waals surface area contributed by atoms with Crippen LogP contribution in [0, 0.1) is 0 Å². The summed E-state index contributed by atoms with van der Waals surface area (Å²) >= 11 is 18.0. The van der Waals surface area contributed by atoms with Crippen LogP contribution in [0.25, 0.3) is 0 Å². The summed E-state index contributed by atoms with van der Waals surface area (Å²) in [6.07, 6.45) is 4.27. The molecule has 1 aromatic rings. The maximum atomic E-state index is 6.21. The fourth-order valence-corrected chi connectivity index (χ4v) is 2.10. The topological polar surface area (TPSA) is 0 Å². The molecule has 3 heteroatoms. The van der Waals surface area contributed by atoms with Gasteiger partial charge in [0.15, 0.2) is 0 Å². The lowest BCUT2D eigenvalue weighted by Crippen LogP contribution is -2.03. The van der Waals surface area contributed by atoms with Gasteiger partial charge in [-0.15, -0.1) is 11.6 Å². The number of alkyl halides is 1. The van der Waals surface area contributed by atoms with Crippen molar-refractivity contribution >= 4 is 34.8 Å². The van der Waals surface area contributed by atoms with Crippen LogP contribution in [-0.4, -0.2) is 5.38 Å². The standard InChI is InChI=1S/C12H15Cl3/c1-2-3-4-10(13)7-9-5-6-11(14)12(15)8-9/h5-6,8,10H,2-4,7H2,1H3. The predicted molar refractivity (Wildman–Crippen MR) is 69.3 cm³/mol. The molecule has 0 heterocycles. The molecule has 1 atom stereocenters. The van der Waals surface area contributed by atoms with Crippen molar-refractivity contribution in [3.63, 3.8) is 0 Å². The molecule has 0 N–H and O–H groups in total. The third-order valence-corrected chi connectivity index (χ3v) is 3.42. The zero-order valence-corrected chi connectivity index (χ0v) is 11.0. The second-order valence-corrected chi connectivity index (χ2v) is 5.12. The van der Waals surface area contributed by atoms with E-state index in [1.165, 1.54) is 12.8 Å². The van der Waals surface area contributed by atoms with Crippen LogP contribution >= 0.6 is 34.8 Å². The SMILES string of the molecule is CCCCC(Cl)Cc1ccc(Cl)c(Cl)c1. The fourth-order valence-electron chi connectivity index (χ4n) is 1.45. The van der Waals surface area contributed by atoms with Gasteiger partial charge in [0.25, 0.3) is 0 Å². The number of benzene rings is 1. The minimum atomic E-state index is 0.196. The van der Waals surface area contributed by atoms with E-state index in [1.54, 1.807) is 0 Å². The summed E-state index contributed by atoms with van der Waals surface area (Å²) in [5.74, 6) is 0. The molecule has 84 valence electrons. The molecule has 0 saturated heterocycles. The third-order valence-electron chi connectivity index (χ3n) is 2.31. The summed E-state index contributed by atoms with van der Waals surface area (Å²) in [6.45, 7) is 2.17. The molecule has 0 aliphatic rings. The Bertz CT molecular complexity index is 310. The molecule has 1 rings (SSSR count). The second kappa shape index (κ2) is 6.62. The molecule has 1 unspecified atom stereocenters. The average Bonchev–Trinajstić information content (AvgIpc) is 2.20. The number of hydrogen-bond donors (Lipinski definition) is 0. The average molecular weight is 266 g/mol. The highest BCUT2D eigenvalue weighted by atomic mass is 35.5. The third kappa shape index (κ3) is 4.63. The molecular formula is C12H15Cl3. The maximum Gasteiger partial charge on any atom is 0.0595 e. The first-order valence-electron chi connectivity index (χ1n) is 5.21. The van der Waals surface area contributed by atoms with Gasteiger partial charge in [-0.25, -0.2) is 0 Å². The Morgan fingerprint density at radius 1 is 1.20 bits per heavy atom. The van der Waals surface area contributed by atoms with E-state index in [2.05, 4.69) is 6.92 Å². The van der Waals surface area contributed by atoms with E-state index in [9.17, 15) is 0 Å². The molecule has 0 bridgehead atoms. The normalized spacial score (nSPS) is 12.8. The Morgan fingerprint density at radius 3 is 2.53 bits per heavy atom. The van der Waals surface area contributed by atoms with E-state index in [-0.39, 0.29) is 5.38 Å². The molecular weight excluding hydrogens is 250 g/mol. The zero-order valence-electron chi connectivity index (χ0n) is 8.77. The number of halogens is 3. The maximum absolute atomic E-state index is 6.21. The van der Waals surface area contributed by atoms with Gasteiger partial charge in [-0.1, -0.05) is 49.0 Å². The van der Waals surface area contributed by atoms with E-state index in [0.29, 0.717) is 10.0 Å². The van der Waals surface area contributed by atoms with Gasteiger partial charge < -0.3 is 0 Å². The molecule has 15 heavy (non-hydrogen) atoms. The van der Waals surface area contributed by atoms with Gasteiger partial charge in [0.05, 0.1) is 10.0 Å². The summed E-state index contributed by atoms with van der Waals surface area (Å²) in [7, 11) is 0. The largest absolute Gasteiger partial charge is 0.123 e. The van der Waals surface area contributed by atoms with Gasteiger partial charge in [-0.3, -0.25) is 0 Å². The minimum absolute atomic E-state index is 0.196. The van der Waals surface area contributed by atoms with Crippen molar-refractivity contribution < 1.29 is 0 Å². The van der Waals surface area contributed by atoms with E-state index in [0.717, 1.165) is 18.4 Å². The van der Waals surface area contributed by atoms with Crippen molar-refractivity contribution in [1.29, 1.82) is 0 Å². The van der Waals surface area contributed by atoms with Gasteiger partial charge in [0.1, 0.15) is 0 Å². The summed E-state index contributed by atoms with van der Waals surface area (Å²) in [5, 5.41) is 1.40. The molecule has 1 aromatic carbocycles. The van der Waals surface area contributed by atoms with Gasteiger partial charge >= 0.3 is 0 Å². The van der Waals surface area contributed by atoms with Gasteiger partial charge in [0.2, 0.25) is 0 Å². The molecule has 0 spiro atoms. The highest BCUT2D eigenvalue weighted by Crippen LogP contribution is 2.24. The highest BCUT2D eigenvalue weighted by molar-refractivity contribution is 6.42. The second-order valence-electron chi connectivity index (χ2n) is 3.69. The molecule has 0 amide bonds. The number of rotatable bonds is 5. The van der Waals surface area contributed by atoms with Crippen LogP contribution in [0.2, 0.25) is 10.0 Å². The van der Waals surface area contributed by atoms with Gasteiger partial charge in [-0.2, -0.15) is 0 Å². The van der Waals surface area contributed by atoms with Crippen LogP contribution in [0.1, 0.15) is 31.7 Å². The number of hydrogen-bond acceptors (Lipinski definition) is 0. The van der Waals surface area contributed by atoms with E-state index in [4.69, 9.17) is 34.8 Å². The molecule has 0 aromatic heterocycles. The molecule has 0 fully saturated rings. The Hall–Kier alpha value is 0.0900. The Kier molecular flexibility index (Phi) is 5.81. The van der Waals surface area contributed by atoms with Crippen LogP contribution in [-0.2, 0) is 6.42 Å². The fraction of sp³-hybridized carbons (Fsp3) is 0.500. The summed E-state index contributed by atoms with van der Waals surface area (Å²) in [4.78, 5) is 0. The monoisotopic (exact) mass is 264 g/mol. The number of unbranched alkanes of at least 4 members (excludes halogenated alkanes) is 1. The molecule has 0 saturated carbocycles. The van der Waals surface area contributed by atoms with Crippen LogP contribution in [0.15, 0.2) is 18.2 Å². The van der Waals surface area contributed by atoms with E-state index >= 15 is 0 Å². The smallest absolute Gasteiger partial charge is 0.0595 e. The van der Waals surface area contributed by atoms with Gasteiger partial charge in [-0.05, 0) is 30.5 Å². The molecule has 0 aliphatic heterocycles. The Morgan fingerprint density at radius 2 is 1.93 bits per heavy atom. The first-order valence-corrected chi connectivity index (χ1v) is 6.40. The van der Waals surface area contributed by atoms with Crippen molar-refractivity contribution in [3.05, 3.63) is 33.8 Å². The Balaban J connectivity index is 2.53. The van der Waals surface area contributed by atoms with Crippen LogP contribution in [0.3, 0.4) is 0 Å². The molecule has 0 radical (unpaired) electrons. The lowest BCUT2D eigenvalue weighted by molar-refractivity contribution is 0.674. The summed E-state index contributed by atoms with van der Waals surface area (Å²) in [6, 6.07) is 5.70. The van der Waals surface area contributed by atoms with Crippen molar-refractivity contribution in [3.8, 4) is 0 Å². The van der Waals surface area contributed by atoms with Crippen LogP contribution < -0.4 is 0 Å². The van der Waals surface area contributed by atoms with Crippen LogP contribution in [0.5, 0.6) is 0 Å². The van der Waals surface area contributed by atoms with E-state index < -0.39 is 0 Å². The summed E-state index contributed by atoms with van der Waals surface area (Å²) in [5.41, 5.74) is 1.15. The summed E-state index contributed by atoms with van der Waals surface area (Å²) < 4.78 is 0. The van der Waals surface area contributed by atoms with Crippen molar-refractivity contribution in [2.24, 2.45) is 0 Å². The highest BCUT2D eigenvalue weighted by Gasteiger charge is 2.06. The lowest BCUT2D eigenvalue weighted by Gasteiger charge is -2.09. The lowest BCUT2D eigenvalue weighted by atomic mass is 10.1. The van der Waals surface area contributed by atoms with Crippen molar-refractivity contribution in [2.45, 2.75) is 38.0 Å². The van der Waals surface area contributed by atoms with Gasteiger partial charge in [0, 0.05) is 5.38 Å². The molecule has 0 aliphatic carbocycles. The van der Waals surface area contributed by atoms with E-state index in [1.807, 2.05) is 18.2 Å². The zero-order chi connectivity index (χ0) is 11.3. The van der Waals surface area contributed by atoms with Crippen molar-refractivity contribution in [2.75, 3.05) is 0 Å². The Labute approximate surface area is 107 Å². The van der Waals surface area contributed by atoms with Crippen LogP contribution in [0.4, 0.5) is 0 Å². The quantitative estimate of drug-likeness (QED) is 0.631. The minimum Gasteiger partial charge on any atom is -0.123 e. The first kappa shape index (κ1) is 13.2. The van der Waals surface area contributed by atoms with Crippen molar-refractivity contribution in [1.82, 2.24) is 0 Å². The first-order chi connectivity index (χ1) is 7.13.